The monoisotopic (exact) mass is 263 g/mol. The van der Waals surface area contributed by atoms with Crippen molar-refractivity contribution >= 4 is 11.5 Å². The summed E-state index contributed by atoms with van der Waals surface area (Å²) in [4.78, 5) is 15.4. The van der Waals surface area contributed by atoms with Gasteiger partial charge < -0.3 is 4.90 Å². The quantitative estimate of drug-likeness (QED) is 0.787. The molecule has 0 bridgehead atoms. The van der Waals surface area contributed by atoms with Crippen LogP contribution in [0.2, 0.25) is 0 Å². The van der Waals surface area contributed by atoms with Crippen LogP contribution in [0.4, 0.5) is 5.69 Å². The van der Waals surface area contributed by atoms with Crippen molar-refractivity contribution in [3.8, 4) is 0 Å². The van der Waals surface area contributed by atoms with Crippen molar-refractivity contribution in [1.29, 1.82) is 0 Å². The molecular weight excluding hydrogens is 246 g/mol. The van der Waals surface area contributed by atoms with Crippen molar-refractivity contribution in [1.82, 2.24) is 0 Å². The van der Waals surface area contributed by atoms with Crippen molar-refractivity contribution in [3.05, 3.63) is 65.7 Å². The van der Waals surface area contributed by atoms with E-state index in [1.54, 1.807) is 0 Å². The zero-order valence-corrected chi connectivity index (χ0v) is 11.5. The Balaban J connectivity index is 1.89. The second kappa shape index (κ2) is 3.95. The van der Waals surface area contributed by atoms with E-state index in [-0.39, 0.29) is 5.41 Å². The molecule has 1 fully saturated rings. The molecule has 2 aliphatic rings. The predicted octanol–water partition coefficient (Wildman–Crippen LogP) is 3.28. The fourth-order valence-electron chi connectivity index (χ4n) is 3.72. The van der Waals surface area contributed by atoms with Crippen molar-refractivity contribution in [2.45, 2.75) is 11.8 Å². The van der Waals surface area contributed by atoms with Crippen LogP contribution in [0.3, 0.4) is 0 Å². The smallest absolute Gasteiger partial charge is 0.175 e. The maximum absolute atomic E-state index is 13.1. The Labute approximate surface area is 119 Å². The summed E-state index contributed by atoms with van der Waals surface area (Å²) in [6, 6.07) is 18.3. The van der Waals surface area contributed by atoms with Crippen LogP contribution >= 0.6 is 0 Å². The Kier molecular flexibility index (Phi) is 2.31. The fraction of sp³-hybridized carbons (Fsp3) is 0.278. The normalized spacial score (nSPS) is 27.6. The lowest BCUT2D eigenvalue weighted by Gasteiger charge is -2.19. The lowest BCUT2D eigenvalue weighted by Crippen LogP contribution is -2.23. The molecular formula is C18H17NO. The number of benzene rings is 2. The van der Waals surface area contributed by atoms with Gasteiger partial charge in [-0.05, 0) is 30.0 Å². The number of para-hydroxylation sites is 1. The molecule has 0 amide bonds. The van der Waals surface area contributed by atoms with Crippen LogP contribution in [0, 0.1) is 5.92 Å². The molecule has 2 atom stereocenters. The van der Waals surface area contributed by atoms with E-state index in [0.29, 0.717) is 11.7 Å². The molecule has 0 saturated heterocycles. The van der Waals surface area contributed by atoms with Gasteiger partial charge in [-0.3, -0.25) is 4.79 Å². The lowest BCUT2D eigenvalue weighted by molar-refractivity contribution is 0.0941. The van der Waals surface area contributed by atoms with Crippen LogP contribution in [0.1, 0.15) is 22.3 Å². The van der Waals surface area contributed by atoms with Gasteiger partial charge in [-0.15, -0.1) is 0 Å². The van der Waals surface area contributed by atoms with Crippen molar-refractivity contribution in [2.75, 3.05) is 18.5 Å². The predicted molar refractivity (Wildman–Crippen MR) is 80.3 cm³/mol. The van der Waals surface area contributed by atoms with Crippen LogP contribution in [0.5, 0.6) is 0 Å². The molecule has 2 aromatic rings. The second-order valence-corrected chi connectivity index (χ2v) is 5.97. The van der Waals surface area contributed by atoms with Crippen LogP contribution in [-0.2, 0) is 5.41 Å². The highest BCUT2D eigenvalue weighted by atomic mass is 16.1. The number of hydrogen-bond acceptors (Lipinski definition) is 2. The van der Waals surface area contributed by atoms with Gasteiger partial charge in [0.25, 0.3) is 0 Å². The second-order valence-electron chi connectivity index (χ2n) is 5.97. The molecule has 2 nitrogen and oxygen atoms in total. The average molecular weight is 263 g/mol. The Bertz CT molecular complexity index is 679. The molecule has 2 heteroatoms. The first-order chi connectivity index (χ1) is 9.73. The highest BCUT2D eigenvalue weighted by molar-refractivity contribution is 6.11. The number of ketones is 1. The van der Waals surface area contributed by atoms with Gasteiger partial charge in [-0.2, -0.15) is 0 Å². The molecule has 4 rings (SSSR count). The molecule has 1 aliphatic carbocycles. The van der Waals surface area contributed by atoms with Gasteiger partial charge in [-0.25, -0.2) is 0 Å². The number of carbonyl (C=O) groups is 1. The van der Waals surface area contributed by atoms with E-state index in [4.69, 9.17) is 0 Å². The Hall–Kier alpha value is -2.09. The van der Waals surface area contributed by atoms with Crippen molar-refractivity contribution in [2.24, 2.45) is 5.92 Å². The Morgan fingerprint density at radius 1 is 1.05 bits per heavy atom. The van der Waals surface area contributed by atoms with Gasteiger partial charge in [0.2, 0.25) is 0 Å². The van der Waals surface area contributed by atoms with E-state index in [1.165, 1.54) is 5.56 Å². The number of nitrogens with zero attached hydrogens (tertiary/aromatic N) is 1. The molecule has 100 valence electrons. The molecule has 1 aliphatic heterocycles. The van der Waals surface area contributed by atoms with E-state index >= 15 is 0 Å². The first-order valence-electron chi connectivity index (χ1n) is 7.14. The van der Waals surface area contributed by atoms with Gasteiger partial charge in [0.15, 0.2) is 5.78 Å². The minimum absolute atomic E-state index is 0.276. The van der Waals surface area contributed by atoms with Crippen LogP contribution in [-0.4, -0.2) is 19.4 Å². The van der Waals surface area contributed by atoms with E-state index in [9.17, 15) is 4.79 Å². The van der Waals surface area contributed by atoms with E-state index in [2.05, 4.69) is 30.1 Å². The lowest BCUT2D eigenvalue weighted by atomic mass is 9.85. The van der Waals surface area contributed by atoms with Gasteiger partial charge in [0, 0.05) is 24.8 Å². The minimum Gasteiger partial charge on any atom is -0.374 e. The maximum atomic E-state index is 13.1. The molecule has 1 heterocycles. The fourth-order valence-corrected chi connectivity index (χ4v) is 3.72. The highest BCUT2D eigenvalue weighted by Crippen LogP contribution is 2.58. The first kappa shape index (κ1) is 11.7. The SMILES string of the molecule is CN1C[C@@H]2C[C@]2(c2ccccc2)C(=O)c2ccccc21. The topological polar surface area (TPSA) is 20.3 Å². The van der Waals surface area contributed by atoms with Gasteiger partial charge in [-0.1, -0.05) is 42.5 Å². The van der Waals surface area contributed by atoms with Gasteiger partial charge in [0.1, 0.15) is 0 Å². The molecule has 0 radical (unpaired) electrons. The highest BCUT2D eigenvalue weighted by Gasteiger charge is 2.62. The summed E-state index contributed by atoms with van der Waals surface area (Å²) in [5.74, 6) is 0.739. The summed E-state index contributed by atoms with van der Waals surface area (Å²) in [5.41, 5.74) is 2.85. The zero-order chi connectivity index (χ0) is 13.7. The number of Topliss-reactive ketones (excluding diaryl/α,β-unsaturated/α-hetero) is 1. The number of anilines is 1. The first-order valence-corrected chi connectivity index (χ1v) is 7.14. The van der Waals surface area contributed by atoms with E-state index in [0.717, 1.165) is 24.2 Å². The van der Waals surface area contributed by atoms with Crippen molar-refractivity contribution in [3.63, 3.8) is 0 Å². The number of hydrogen-bond donors (Lipinski definition) is 0. The summed E-state index contributed by atoms with van der Waals surface area (Å²) >= 11 is 0. The van der Waals surface area contributed by atoms with Gasteiger partial charge >= 0.3 is 0 Å². The minimum atomic E-state index is -0.276. The number of rotatable bonds is 1. The summed E-state index contributed by atoms with van der Waals surface area (Å²) in [7, 11) is 2.09. The molecule has 1 saturated carbocycles. The Morgan fingerprint density at radius 3 is 2.55 bits per heavy atom. The molecule has 20 heavy (non-hydrogen) atoms. The molecule has 0 N–H and O–H groups in total. The molecule has 0 unspecified atom stereocenters. The zero-order valence-electron chi connectivity index (χ0n) is 11.5. The average Bonchev–Trinajstić information content (AvgIpc) is 3.22. The Morgan fingerprint density at radius 2 is 1.75 bits per heavy atom. The van der Waals surface area contributed by atoms with Crippen LogP contribution in [0.15, 0.2) is 54.6 Å². The largest absolute Gasteiger partial charge is 0.374 e. The van der Waals surface area contributed by atoms with E-state index < -0.39 is 0 Å². The standard InChI is InChI=1S/C18H17NO/c1-19-12-14-11-18(14,13-7-3-2-4-8-13)17(20)15-9-5-6-10-16(15)19/h2-10,14H,11-12H2,1H3/t14-,18+/m0/s1. The number of fused-ring (bicyclic) bond motifs is 2. The maximum Gasteiger partial charge on any atom is 0.175 e. The van der Waals surface area contributed by atoms with Crippen molar-refractivity contribution < 1.29 is 4.79 Å². The van der Waals surface area contributed by atoms with Gasteiger partial charge in [0.05, 0.1) is 5.41 Å². The van der Waals surface area contributed by atoms with E-state index in [1.807, 2.05) is 36.4 Å². The summed E-state index contributed by atoms with van der Waals surface area (Å²) in [5, 5.41) is 0. The third-order valence-electron chi connectivity index (χ3n) is 4.85. The molecule has 0 spiro atoms. The summed E-state index contributed by atoms with van der Waals surface area (Å²) in [6.45, 7) is 0.956. The third kappa shape index (κ3) is 1.42. The summed E-state index contributed by atoms with van der Waals surface area (Å²) < 4.78 is 0. The van der Waals surface area contributed by atoms with Crippen LogP contribution < -0.4 is 4.90 Å². The van der Waals surface area contributed by atoms with Crippen LogP contribution in [0.25, 0.3) is 0 Å². The summed E-state index contributed by atoms with van der Waals surface area (Å²) in [6.07, 6.45) is 0.981. The third-order valence-corrected chi connectivity index (χ3v) is 4.85. The number of carbonyl (C=O) groups excluding carboxylic acids is 1. The molecule has 2 aromatic carbocycles. The molecule has 0 aromatic heterocycles.